The highest BCUT2D eigenvalue weighted by Crippen LogP contribution is 2.34. The van der Waals surface area contributed by atoms with Crippen LogP contribution in [0.3, 0.4) is 0 Å². The fourth-order valence-corrected chi connectivity index (χ4v) is 4.21. The van der Waals surface area contributed by atoms with Crippen LogP contribution >= 0.6 is 11.8 Å². The smallest absolute Gasteiger partial charge is 0.341 e. The van der Waals surface area contributed by atoms with Crippen LogP contribution in [-0.2, 0) is 17.0 Å². The molecule has 0 saturated heterocycles. The topological polar surface area (TPSA) is 87.0 Å². The Balaban J connectivity index is 1.44. The number of furan rings is 1. The van der Waals surface area contributed by atoms with Crippen LogP contribution in [0.25, 0.3) is 0 Å². The van der Waals surface area contributed by atoms with Crippen molar-refractivity contribution in [1.82, 2.24) is 5.32 Å². The van der Waals surface area contributed by atoms with Crippen LogP contribution in [0.5, 0.6) is 11.5 Å². The fraction of sp³-hybridized carbons (Fsp3) is 0.217. The molecule has 160 valence electrons. The third kappa shape index (κ3) is 4.69. The lowest BCUT2D eigenvalue weighted by molar-refractivity contribution is 0.0598. The number of hydrogen-bond donors (Lipinski definition) is 1. The number of benzene rings is 2. The second kappa shape index (κ2) is 9.61. The van der Waals surface area contributed by atoms with E-state index >= 15 is 0 Å². The van der Waals surface area contributed by atoms with Crippen LogP contribution in [0.2, 0.25) is 0 Å². The third-order valence-corrected chi connectivity index (χ3v) is 5.80. The Bertz CT molecular complexity index is 1090. The van der Waals surface area contributed by atoms with Crippen molar-refractivity contribution in [3.05, 3.63) is 77.2 Å². The Labute approximate surface area is 183 Å². The van der Waals surface area contributed by atoms with E-state index in [2.05, 4.69) is 5.32 Å². The minimum absolute atomic E-state index is 0.204. The normalized spacial score (nSPS) is 12.3. The van der Waals surface area contributed by atoms with Crippen LogP contribution in [0.15, 0.2) is 64.1 Å². The number of esters is 1. The maximum atomic E-state index is 12.9. The van der Waals surface area contributed by atoms with Gasteiger partial charge in [0.25, 0.3) is 5.91 Å². The maximum absolute atomic E-state index is 12.9. The van der Waals surface area contributed by atoms with Gasteiger partial charge in [-0.2, -0.15) is 0 Å². The van der Waals surface area contributed by atoms with E-state index in [1.807, 2.05) is 36.4 Å². The predicted octanol–water partition coefficient (Wildman–Crippen LogP) is 4.06. The zero-order valence-electron chi connectivity index (χ0n) is 16.9. The SMILES string of the molecule is COC(=O)c1ccoc1CSc1ccccc1C(=O)NCc1cccc2c1OCCO2. The minimum Gasteiger partial charge on any atom is -0.486 e. The number of carbonyl (C=O) groups is 2. The van der Waals surface area contributed by atoms with E-state index in [0.29, 0.717) is 53.9 Å². The van der Waals surface area contributed by atoms with Gasteiger partial charge in [0.05, 0.1) is 24.7 Å². The molecule has 3 aromatic rings. The van der Waals surface area contributed by atoms with Gasteiger partial charge in [-0.25, -0.2) is 4.79 Å². The Morgan fingerprint density at radius 1 is 1.03 bits per heavy atom. The van der Waals surface area contributed by atoms with Crippen LogP contribution < -0.4 is 14.8 Å². The Hall–Kier alpha value is -3.39. The van der Waals surface area contributed by atoms with E-state index in [-0.39, 0.29) is 5.91 Å². The second-order valence-electron chi connectivity index (χ2n) is 6.66. The molecular formula is C23H21NO6S. The van der Waals surface area contributed by atoms with E-state index < -0.39 is 5.97 Å². The number of ether oxygens (including phenoxy) is 3. The lowest BCUT2D eigenvalue weighted by Crippen LogP contribution is -2.24. The molecule has 1 aliphatic heterocycles. The molecular weight excluding hydrogens is 418 g/mol. The summed E-state index contributed by atoms with van der Waals surface area (Å²) in [7, 11) is 1.33. The lowest BCUT2D eigenvalue weighted by atomic mass is 10.1. The Morgan fingerprint density at radius 2 is 1.87 bits per heavy atom. The maximum Gasteiger partial charge on any atom is 0.341 e. The van der Waals surface area contributed by atoms with Gasteiger partial charge in [-0.3, -0.25) is 4.79 Å². The molecule has 2 heterocycles. The molecule has 1 N–H and O–H groups in total. The summed E-state index contributed by atoms with van der Waals surface area (Å²) in [6.07, 6.45) is 1.45. The Morgan fingerprint density at radius 3 is 2.74 bits per heavy atom. The van der Waals surface area contributed by atoms with Gasteiger partial charge in [0.15, 0.2) is 11.5 Å². The first-order valence-electron chi connectivity index (χ1n) is 9.69. The summed E-state index contributed by atoms with van der Waals surface area (Å²) in [6, 6.07) is 14.5. The number of amides is 1. The number of para-hydroxylation sites is 1. The van der Waals surface area contributed by atoms with Gasteiger partial charge in [0, 0.05) is 17.0 Å². The van der Waals surface area contributed by atoms with Crippen molar-refractivity contribution in [3.8, 4) is 11.5 Å². The number of fused-ring (bicyclic) bond motifs is 1. The van der Waals surface area contributed by atoms with Gasteiger partial charge in [0.2, 0.25) is 0 Å². The first kappa shape index (κ1) is 20.9. The standard InChI is InChI=1S/C23H21NO6S/c1-27-23(26)16-9-10-28-19(16)14-31-20-8-3-2-6-17(20)22(25)24-13-15-5-4-7-18-21(15)30-12-11-29-18/h2-10H,11-14H2,1H3,(H,24,25). The third-order valence-electron chi connectivity index (χ3n) is 4.73. The number of methoxy groups -OCH3 is 1. The zero-order valence-corrected chi connectivity index (χ0v) is 17.7. The van der Waals surface area contributed by atoms with Gasteiger partial charge >= 0.3 is 5.97 Å². The van der Waals surface area contributed by atoms with Crippen LogP contribution in [0, 0.1) is 0 Å². The van der Waals surface area contributed by atoms with Crippen molar-refractivity contribution in [3.63, 3.8) is 0 Å². The van der Waals surface area contributed by atoms with Gasteiger partial charge in [0.1, 0.15) is 24.5 Å². The largest absolute Gasteiger partial charge is 0.486 e. The summed E-state index contributed by atoms with van der Waals surface area (Å²) < 4.78 is 21.5. The fourth-order valence-electron chi connectivity index (χ4n) is 3.21. The van der Waals surface area contributed by atoms with Crippen molar-refractivity contribution < 1.29 is 28.2 Å². The van der Waals surface area contributed by atoms with E-state index in [1.54, 1.807) is 12.1 Å². The molecule has 0 atom stereocenters. The molecule has 0 radical (unpaired) electrons. The molecule has 0 unspecified atom stereocenters. The van der Waals surface area contributed by atoms with Crippen molar-refractivity contribution in [2.75, 3.05) is 20.3 Å². The quantitative estimate of drug-likeness (QED) is 0.439. The number of rotatable bonds is 7. The lowest BCUT2D eigenvalue weighted by Gasteiger charge is -2.21. The molecule has 8 heteroatoms. The summed E-state index contributed by atoms with van der Waals surface area (Å²) in [5, 5.41) is 2.95. The molecule has 1 aromatic heterocycles. The van der Waals surface area contributed by atoms with Crippen LogP contribution in [0.4, 0.5) is 0 Å². The zero-order chi connectivity index (χ0) is 21.6. The monoisotopic (exact) mass is 439 g/mol. The summed E-state index contributed by atoms with van der Waals surface area (Å²) >= 11 is 1.41. The summed E-state index contributed by atoms with van der Waals surface area (Å²) in [6.45, 7) is 1.31. The first-order chi connectivity index (χ1) is 15.2. The number of carbonyl (C=O) groups excluding carboxylic acids is 2. The molecule has 0 saturated carbocycles. The molecule has 0 fully saturated rings. The van der Waals surface area contributed by atoms with Crippen molar-refractivity contribution in [2.24, 2.45) is 0 Å². The summed E-state index contributed by atoms with van der Waals surface area (Å²) in [4.78, 5) is 25.5. The highest BCUT2D eigenvalue weighted by atomic mass is 32.2. The summed E-state index contributed by atoms with van der Waals surface area (Å²) in [5.41, 5.74) is 1.78. The highest BCUT2D eigenvalue weighted by molar-refractivity contribution is 7.98. The van der Waals surface area contributed by atoms with Gasteiger partial charge < -0.3 is 23.9 Å². The number of nitrogens with one attached hydrogen (secondary N) is 1. The minimum atomic E-state index is -0.451. The highest BCUT2D eigenvalue weighted by Gasteiger charge is 2.19. The molecule has 4 rings (SSSR count). The molecule has 0 bridgehead atoms. The predicted molar refractivity (Wildman–Crippen MR) is 115 cm³/mol. The van der Waals surface area contributed by atoms with Crippen LogP contribution in [-0.4, -0.2) is 32.2 Å². The van der Waals surface area contributed by atoms with Crippen LogP contribution in [0.1, 0.15) is 32.0 Å². The van der Waals surface area contributed by atoms with E-state index in [1.165, 1.54) is 25.1 Å². The van der Waals surface area contributed by atoms with Gasteiger partial charge in [-0.15, -0.1) is 11.8 Å². The van der Waals surface area contributed by atoms with Crippen molar-refractivity contribution >= 4 is 23.6 Å². The first-order valence-corrected chi connectivity index (χ1v) is 10.7. The van der Waals surface area contributed by atoms with E-state index in [4.69, 9.17) is 18.6 Å². The average Bonchev–Trinajstić information content (AvgIpc) is 3.29. The van der Waals surface area contributed by atoms with E-state index in [9.17, 15) is 9.59 Å². The molecule has 0 aliphatic carbocycles. The Kier molecular flexibility index (Phi) is 6.47. The second-order valence-corrected chi connectivity index (χ2v) is 7.68. The molecule has 7 nitrogen and oxygen atoms in total. The molecule has 0 spiro atoms. The molecule has 2 aromatic carbocycles. The average molecular weight is 439 g/mol. The molecule has 1 amide bonds. The van der Waals surface area contributed by atoms with Crippen molar-refractivity contribution in [2.45, 2.75) is 17.2 Å². The van der Waals surface area contributed by atoms with Crippen molar-refractivity contribution in [1.29, 1.82) is 0 Å². The number of hydrogen-bond acceptors (Lipinski definition) is 7. The molecule has 31 heavy (non-hydrogen) atoms. The summed E-state index contributed by atoms with van der Waals surface area (Å²) in [5.74, 6) is 1.59. The van der Waals surface area contributed by atoms with E-state index in [0.717, 1.165) is 10.5 Å². The van der Waals surface area contributed by atoms with Gasteiger partial charge in [-0.05, 0) is 24.3 Å². The molecule has 1 aliphatic rings. The number of thioether (sulfide) groups is 1. The van der Waals surface area contributed by atoms with Gasteiger partial charge in [-0.1, -0.05) is 24.3 Å².